The minimum absolute atomic E-state index is 0.172. The molecule has 4 saturated heterocycles. The molecule has 0 aromatic heterocycles. The molecule has 8 heteroatoms. The van der Waals surface area contributed by atoms with E-state index in [0.717, 1.165) is 52.4 Å². The van der Waals surface area contributed by atoms with Gasteiger partial charge in [-0.15, -0.1) is 0 Å². The van der Waals surface area contributed by atoms with Gasteiger partial charge in [-0.2, -0.15) is 0 Å². The van der Waals surface area contributed by atoms with Crippen LogP contribution in [0.3, 0.4) is 0 Å². The van der Waals surface area contributed by atoms with Gasteiger partial charge in [-0.3, -0.25) is 0 Å². The first kappa shape index (κ1) is 27.1. The predicted octanol–water partition coefficient (Wildman–Crippen LogP) is 3.71. The molecule has 0 radical (unpaired) electrons. The number of carbonyl (C=O) groups excluding carboxylic acids is 2. The molecular formula is C26H48N4O4. The highest BCUT2D eigenvalue weighted by Gasteiger charge is 2.57. The Labute approximate surface area is 206 Å². The Morgan fingerprint density at radius 2 is 0.824 bits per heavy atom. The van der Waals surface area contributed by atoms with Crippen molar-refractivity contribution in [1.29, 1.82) is 0 Å². The van der Waals surface area contributed by atoms with Gasteiger partial charge in [0.25, 0.3) is 0 Å². The summed E-state index contributed by atoms with van der Waals surface area (Å²) in [6.07, 6.45) is -0.344. The molecular weight excluding hydrogens is 432 g/mol. The van der Waals surface area contributed by atoms with Crippen LogP contribution >= 0.6 is 0 Å². The van der Waals surface area contributed by atoms with E-state index in [1.54, 1.807) is 0 Å². The first-order valence-electron chi connectivity index (χ1n) is 12.7. The lowest BCUT2D eigenvalue weighted by atomic mass is 9.71. The van der Waals surface area contributed by atoms with Crippen LogP contribution in [0.1, 0.15) is 69.2 Å². The second-order valence-electron chi connectivity index (χ2n) is 14.1. The van der Waals surface area contributed by atoms with Gasteiger partial charge in [0.2, 0.25) is 0 Å². The van der Waals surface area contributed by atoms with Crippen molar-refractivity contribution >= 4 is 12.2 Å². The number of hydrogen-bond donors (Lipinski definition) is 2. The van der Waals surface area contributed by atoms with E-state index in [2.05, 4.69) is 38.3 Å². The number of ether oxygens (including phenoxy) is 2. The number of nitrogens with one attached hydrogen (secondary N) is 2. The quantitative estimate of drug-likeness (QED) is 0.550. The number of rotatable bonds is 0. The summed E-state index contributed by atoms with van der Waals surface area (Å²) in [6, 6.07) is 0. The van der Waals surface area contributed by atoms with Crippen LogP contribution in [0.5, 0.6) is 0 Å². The zero-order valence-electron chi connectivity index (χ0n) is 23.2. The number of likely N-dealkylation sites (tertiary alicyclic amines) is 2. The van der Waals surface area contributed by atoms with E-state index in [-0.39, 0.29) is 33.8 Å². The van der Waals surface area contributed by atoms with Crippen LogP contribution in [0.2, 0.25) is 0 Å². The van der Waals surface area contributed by atoms with Crippen LogP contribution in [0.25, 0.3) is 0 Å². The van der Waals surface area contributed by atoms with E-state index in [1.165, 1.54) is 0 Å². The molecule has 0 aromatic rings. The minimum atomic E-state index is -0.408. The number of carbonyl (C=O) groups is 2. The zero-order valence-corrected chi connectivity index (χ0v) is 23.2. The Bertz CT molecular complexity index is 704. The van der Waals surface area contributed by atoms with Crippen LogP contribution in [0, 0.1) is 21.7 Å². The van der Waals surface area contributed by atoms with Gasteiger partial charge in [0.05, 0.1) is 0 Å². The maximum atomic E-state index is 12.1. The van der Waals surface area contributed by atoms with Crippen molar-refractivity contribution in [3.8, 4) is 0 Å². The van der Waals surface area contributed by atoms with E-state index < -0.39 is 11.2 Å². The van der Waals surface area contributed by atoms with Crippen molar-refractivity contribution in [2.24, 2.45) is 21.7 Å². The van der Waals surface area contributed by atoms with Gasteiger partial charge in [0.1, 0.15) is 11.2 Å². The molecule has 34 heavy (non-hydrogen) atoms. The third kappa shape index (κ3) is 5.32. The van der Waals surface area contributed by atoms with E-state index >= 15 is 0 Å². The van der Waals surface area contributed by atoms with Gasteiger partial charge >= 0.3 is 12.2 Å². The van der Waals surface area contributed by atoms with Crippen molar-refractivity contribution in [2.45, 2.75) is 80.4 Å². The Morgan fingerprint density at radius 1 is 0.588 bits per heavy atom. The van der Waals surface area contributed by atoms with Gasteiger partial charge in [0.15, 0.2) is 0 Å². The molecule has 2 N–H and O–H groups in total. The van der Waals surface area contributed by atoms with E-state index in [9.17, 15) is 9.59 Å². The summed E-state index contributed by atoms with van der Waals surface area (Å²) in [5.74, 6) is 0. The largest absolute Gasteiger partial charge is 0.444 e. The highest BCUT2D eigenvalue weighted by Crippen LogP contribution is 2.49. The summed E-state index contributed by atoms with van der Waals surface area (Å²) in [4.78, 5) is 27.9. The predicted molar refractivity (Wildman–Crippen MR) is 134 cm³/mol. The molecule has 4 atom stereocenters. The van der Waals surface area contributed by atoms with E-state index in [1.807, 2.05) is 51.3 Å². The Kier molecular flexibility index (Phi) is 6.80. The van der Waals surface area contributed by atoms with Crippen molar-refractivity contribution in [3.05, 3.63) is 0 Å². The molecule has 0 spiro atoms. The van der Waals surface area contributed by atoms with E-state index in [4.69, 9.17) is 9.47 Å². The Morgan fingerprint density at radius 3 is 1.03 bits per heavy atom. The fraction of sp³-hybridized carbons (Fsp3) is 0.923. The van der Waals surface area contributed by atoms with Crippen molar-refractivity contribution in [2.75, 3.05) is 52.4 Å². The molecule has 8 nitrogen and oxygen atoms in total. The maximum Gasteiger partial charge on any atom is 0.410 e. The molecule has 4 rings (SSSR count). The molecule has 0 aliphatic carbocycles. The van der Waals surface area contributed by atoms with Crippen LogP contribution in [0.15, 0.2) is 0 Å². The second-order valence-corrected chi connectivity index (χ2v) is 14.1. The lowest BCUT2D eigenvalue weighted by Crippen LogP contribution is -2.38. The molecule has 4 aliphatic rings. The second kappa shape index (κ2) is 8.54. The van der Waals surface area contributed by atoms with Crippen LogP contribution in [-0.2, 0) is 9.47 Å². The monoisotopic (exact) mass is 480 g/mol. The highest BCUT2D eigenvalue weighted by molar-refractivity contribution is 5.69. The standard InChI is InChI=1S/2C13H24N2O2/c2*1-11(2,3)17-10(16)15-8-12(4)6-14-7-13(12,5)9-15/h2*14H,6-9H2,1-5H3/t2*12-,13+. The number of amides is 2. The van der Waals surface area contributed by atoms with E-state index in [0.29, 0.717) is 0 Å². The summed E-state index contributed by atoms with van der Waals surface area (Å²) < 4.78 is 10.9. The minimum Gasteiger partial charge on any atom is -0.444 e. The van der Waals surface area contributed by atoms with Gasteiger partial charge in [-0.05, 0) is 41.5 Å². The van der Waals surface area contributed by atoms with Crippen LogP contribution in [-0.4, -0.2) is 85.5 Å². The summed E-state index contributed by atoms with van der Waals surface area (Å²) in [7, 11) is 0. The maximum absolute atomic E-state index is 12.1. The smallest absolute Gasteiger partial charge is 0.410 e. The SMILES string of the molecule is CC(C)(C)OC(=O)N1C[C@]2(C)CNC[C@]2(C)C1.CC(C)(C)OC(=O)N1C[C@]2(C)CNC[C@]2(C)C1. The van der Waals surface area contributed by atoms with Gasteiger partial charge < -0.3 is 29.9 Å². The molecule has 4 aliphatic heterocycles. The lowest BCUT2D eigenvalue weighted by Gasteiger charge is -2.30. The number of fused-ring (bicyclic) bond motifs is 2. The fourth-order valence-electron chi connectivity index (χ4n) is 5.78. The first-order chi connectivity index (χ1) is 15.3. The molecule has 4 fully saturated rings. The molecule has 196 valence electrons. The highest BCUT2D eigenvalue weighted by atomic mass is 16.6. The number of hydrogen-bond acceptors (Lipinski definition) is 6. The molecule has 0 unspecified atom stereocenters. The average molecular weight is 481 g/mol. The van der Waals surface area contributed by atoms with Crippen molar-refractivity contribution < 1.29 is 19.1 Å². The lowest BCUT2D eigenvalue weighted by molar-refractivity contribution is 0.0258. The molecule has 0 saturated carbocycles. The van der Waals surface area contributed by atoms with Gasteiger partial charge in [0, 0.05) is 74.0 Å². The fourth-order valence-corrected chi connectivity index (χ4v) is 5.78. The summed E-state index contributed by atoms with van der Waals surface area (Å²) in [5.41, 5.74) is -0.0781. The topological polar surface area (TPSA) is 83.1 Å². The summed E-state index contributed by atoms with van der Waals surface area (Å²) in [6.45, 7) is 27.6. The molecule has 4 heterocycles. The van der Waals surface area contributed by atoms with Crippen molar-refractivity contribution in [1.82, 2.24) is 20.4 Å². The summed E-state index contributed by atoms with van der Waals surface area (Å²) in [5, 5.41) is 6.87. The Hall–Kier alpha value is -1.54. The van der Waals surface area contributed by atoms with Crippen LogP contribution in [0.4, 0.5) is 9.59 Å². The third-order valence-electron chi connectivity index (χ3n) is 8.44. The molecule has 0 aromatic carbocycles. The molecule has 0 bridgehead atoms. The number of nitrogens with zero attached hydrogens (tertiary/aromatic N) is 2. The van der Waals surface area contributed by atoms with Crippen molar-refractivity contribution in [3.63, 3.8) is 0 Å². The summed E-state index contributed by atoms with van der Waals surface area (Å²) >= 11 is 0. The molecule has 2 amide bonds. The first-order valence-corrected chi connectivity index (χ1v) is 12.7. The zero-order chi connectivity index (χ0) is 25.8. The van der Waals surface area contributed by atoms with Crippen LogP contribution < -0.4 is 10.6 Å². The normalized spacial score (nSPS) is 37.1. The van der Waals surface area contributed by atoms with Gasteiger partial charge in [-0.1, -0.05) is 27.7 Å². The van der Waals surface area contributed by atoms with Gasteiger partial charge in [-0.25, -0.2) is 9.59 Å². The Balaban J connectivity index is 0.000000191. The average Bonchev–Trinajstić information content (AvgIpc) is 3.24. The third-order valence-corrected chi connectivity index (χ3v) is 8.44.